The third kappa shape index (κ3) is 4.18. The molecule has 0 bridgehead atoms. The molecule has 0 spiro atoms. The molecule has 0 atom stereocenters. The number of nitrogen functional groups attached to an aromatic ring is 2. The maximum absolute atomic E-state index is 5.58. The van der Waals surface area contributed by atoms with Crippen LogP contribution in [0.1, 0.15) is 0 Å². The van der Waals surface area contributed by atoms with Crippen molar-refractivity contribution in [3.63, 3.8) is 0 Å². The Morgan fingerprint density at radius 3 is 2.16 bits per heavy atom. The summed E-state index contributed by atoms with van der Waals surface area (Å²) in [6.07, 6.45) is 4.73. The predicted molar refractivity (Wildman–Crippen MR) is 75.4 cm³/mol. The average Bonchev–Trinajstić information content (AvgIpc) is 2.43. The van der Waals surface area contributed by atoms with Gasteiger partial charge >= 0.3 is 0 Å². The molecule has 6 nitrogen and oxygen atoms in total. The topological polar surface area (TPSA) is 96.3 Å². The van der Waals surface area contributed by atoms with Crippen molar-refractivity contribution in [1.82, 2.24) is 9.97 Å². The van der Waals surface area contributed by atoms with E-state index in [1.54, 1.807) is 31.6 Å². The lowest BCUT2D eigenvalue weighted by molar-refractivity contribution is 0.416. The lowest BCUT2D eigenvalue weighted by atomic mass is 10.4. The third-order valence-electron chi connectivity index (χ3n) is 2.15. The number of hydrogen-bond acceptors (Lipinski definition) is 6. The first-order valence-electron chi connectivity index (χ1n) is 5.27. The molecule has 2 aromatic rings. The Morgan fingerprint density at radius 2 is 1.68 bits per heavy atom. The molecule has 0 aliphatic rings. The summed E-state index contributed by atoms with van der Waals surface area (Å²) in [6.45, 7) is 0. The normalized spacial score (nSPS) is 9.21. The lowest BCUT2D eigenvalue weighted by Crippen LogP contribution is -1.93. The number of pyridine rings is 2. The van der Waals surface area contributed by atoms with Crippen LogP contribution in [0, 0.1) is 0 Å². The molecule has 4 N–H and O–H groups in total. The quantitative estimate of drug-likeness (QED) is 0.818. The van der Waals surface area contributed by atoms with Crippen molar-refractivity contribution in [2.45, 2.75) is 0 Å². The van der Waals surface area contributed by atoms with Gasteiger partial charge in [0.25, 0.3) is 0 Å². The summed E-state index contributed by atoms with van der Waals surface area (Å²) in [5, 5.41) is 0.277. The highest BCUT2D eigenvalue weighted by Gasteiger charge is 2.01. The van der Waals surface area contributed by atoms with E-state index < -0.39 is 0 Å². The molecule has 0 radical (unpaired) electrons. The number of nitrogens with two attached hydrogens (primary N) is 2. The molecule has 0 saturated carbocycles. The molecule has 2 rings (SSSR count). The van der Waals surface area contributed by atoms with Gasteiger partial charge in [0.2, 0.25) is 0 Å². The smallest absolute Gasteiger partial charge is 0.155 e. The highest BCUT2D eigenvalue weighted by Crippen LogP contribution is 2.25. The molecule has 2 heterocycles. The molecule has 0 fully saturated rings. The number of aromatic nitrogens is 2. The summed E-state index contributed by atoms with van der Waals surface area (Å²) in [6, 6.07) is 3.37. The lowest BCUT2D eigenvalue weighted by Gasteiger charge is -2.02. The molecule has 0 aliphatic heterocycles. The van der Waals surface area contributed by atoms with Crippen LogP contribution in [0.4, 0.5) is 11.4 Å². The molecular weight excluding hydrogens is 268 g/mol. The van der Waals surface area contributed by atoms with E-state index >= 15 is 0 Å². The van der Waals surface area contributed by atoms with Crippen LogP contribution < -0.4 is 20.9 Å². The van der Waals surface area contributed by atoms with Gasteiger partial charge < -0.3 is 20.9 Å². The van der Waals surface area contributed by atoms with Crippen LogP contribution in [0.3, 0.4) is 0 Å². The first-order valence-corrected chi connectivity index (χ1v) is 5.65. The molecule has 0 aromatic carbocycles. The van der Waals surface area contributed by atoms with Crippen LogP contribution in [-0.4, -0.2) is 24.2 Å². The van der Waals surface area contributed by atoms with Crippen LogP contribution >= 0.6 is 11.6 Å². The standard InChI is InChI=1S/C6H7ClN2O.C6H8N2O/c1-10-4-2-3-9-6(7)5(4)8;1-9-6-2-3-8-4-5(6)7/h2-3H,8H2,1H3;2-4H,7H2,1H3. The van der Waals surface area contributed by atoms with E-state index in [0.717, 1.165) is 0 Å². The zero-order chi connectivity index (χ0) is 14.3. The fraction of sp³-hybridized carbons (Fsp3) is 0.167. The number of rotatable bonds is 2. The minimum atomic E-state index is 0.277. The van der Waals surface area contributed by atoms with Crippen LogP contribution in [0.25, 0.3) is 0 Å². The van der Waals surface area contributed by atoms with Crippen LogP contribution in [0.5, 0.6) is 11.5 Å². The van der Waals surface area contributed by atoms with E-state index in [1.807, 2.05) is 0 Å². The Hall–Kier alpha value is -2.21. The second-order valence-electron chi connectivity index (χ2n) is 3.34. The number of ether oxygens (including phenoxy) is 2. The maximum atomic E-state index is 5.58. The van der Waals surface area contributed by atoms with E-state index in [4.69, 9.17) is 32.5 Å². The van der Waals surface area contributed by atoms with Gasteiger partial charge in [0.1, 0.15) is 17.2 Å². The monoisotopic (exact) mass is 282 g/mol. The predicted octanol–water partition coefficient (Wildman–Crippen LogP) is 2.00. The van der Waals surface area contributed by atoms with Gasteiger partial charge in [-0.1, -0.05) is 11.6 Å². The van der Waals surface area contributed by atoms with Crippen LogP contribution in [0.2, 0.25) is 5.15 Å². The summed E-state index contributed by atoms with van der Waals surface area (Å²) in [5.74, 6) is 1.23. The summed E-state index contributed by atoms with van der Waals surface area (Å²) < 4.78 is 9.76. The highest BCUT2D eigenvalue weighted by molar-refractivity contribution is 6.32. The van der Waals surface area contributed by atoms with Gasteiger partial charge in [-0.25, -0.2) is 4.98 Å². The molecule has 7 heteroatoms. The highest BCUT2D eigenvalue weighted by atomic mass is 35.5. The van der Waals surface area contributed by atoms with Crippen molar-refractivity contribution >= 4 is 23.0 Å². The van der Waals surface area contributed by atoms with Crippen molar-refractivity contribution in [3.8, 4) is 11.5 Å². The first kappa shape index (κ1) is 14.8. The van der Waals surface area contributed by atoms with E-state index in [0.29, 0.717) is 22.9 Å². The fourth-order valence-corrected chi connectivity index (χ4v) is 1.34. The Kier molecular flexibility index (Phi) is 5.69. The molecule has 0 unspecified atom stereocenters. The van der Waals surface area contributed by atoms with E-state index in [9.17, 15) is 0 Å². The van der Waals surface area contributed by atoms with Crippen LogP contribution in [-0.2, 0) is 0 Å². The molecule has 102 valence electrons. The summed E-state index contributed by atoms with van der Waals surface area (Å²) in [4.78, 5) is 7.54. The minimum Gasteiger partial charge on any atom is -0.494 e. The summed E-state index contributed by atoms with van der Waals surface area (Å²) in [5.41, 5.74) is 11.9. The van der Waals surface area contributed by atoms with Crippen molar-refractivity contribution in [3.05, 3.63) is 35.9 Å². The van der Waals surface area contributed by atoms with Gasteiger partial charge in [-0.2, -0.15) is 0 Å². The molecule has 0 saturated heterocycles. The Labute approximate surface area is 116 Å². The van der Waals surface area contributed by atoms with Crippen molar-refractivity contribution in [1.29, 1.82) is 0 Å². The van der Waals surface area contributed by atoms with Gasteiger partial charge in [0, 0.05) is 24.5 Å². The molecular formula is C12H15ClN4O2. The zero-order valence-electron chi connectivity index (χ0n) is 10.6. The van der Waals surface area contributed by atoms with Gasteiger partial charge in [0.05, 0.1) is 26.1 Å². The second kappa shape index (κ2) is 7.27. The first-order chi connectivity index (χ1) is 9.10. The van der Waals surface area contributed by atoms with Crippen molar-refractivity contribution in [2.75, 3.05) is 25.7 Å². The number of methoxy groups -OCH3 is 2. The second-order valence-corrected chi connectivity index (χ2v) is 3.69. The minimum absolute atomic E-state index is 0.277. The Balaban J connectivity index is 0.000000191. The number of hydrogen-bond donors (Lipinski definition) is 2. The van der Waals surface area contributed by atoms with E-state index in [2.05, 4.69) is 9.97 Å². The maximum Gasteiger partial charge on any atom is 0.155 e. The number of nitrogens with zero attached hydrogens (tertiary/aromatic N) is 2. The van der Waals surface area contributed by atoms with Crippen LogP contribution in [0.15, 0.2) is 30.7 Å². The molecule has 2 aromatic heterocycles. The Bertz CT molecular complexity index is 537. The SMILES string of the molecule is COc1ccnc(Cl)c1N.COc1ccncc1N. The number of halogens is 1. The largest absolute Gasteiger partial charge is 0.494 e. The van der Waals surface area contributed by atoms with E-state index in [-0.39, 0.29) is 5.15 Å². The zero-order valence-corrected chi connectivity index (χ0v) is 11.4. The molecule has 0 amide bonds. The van der Waals surface area contributed by atoms with Gasteiger partial charge in [-0.3, -0.25) is 4.98 Å². The van der Waals surface area contributed by atoms with Gasteiger partial charge in [0.15, 0.2) is 5.15 Å². The van der Waals surface area contributed by atoms with Crippen molar-refractivity contribution < 1.29 is 9.47 Å². The number of anilines is 2. The van der Waals surface area contributed by atoms with Gasteiger partial charge in [-0.05, 0) is 0 Å². The molecule has 19 heavy (non-hydrogen) atoms. The summed E-state index contributed by atoms with van der Waals surface area (Å²) in [7, 11) is 3.10. The van der Waals surface area contributed by atoms with E-state index in [1.165, 1.54) is 13.3 Å². The fourth-order valence-electron chi connectivity index (χ4n) is 1.19. The third-order valence-corrected chi connectivity index (χ3v) is 2.45. The molecule has 0 aliphatic carbocycles. The van der Waals surface area contributed by atoms with Crippen molar-refractivity contribution in [2.24, 2.45) is 0 Å². The van der Waals surface area contributed by atoms with Gasteiger partial charge in [-0.15, -0.1) is 0 Å². The Morgan fingerprint density at radius 1 is 1.05 bits per heavy atom. The summed E-state index contributed by atoms with van der Waals surface area (Å²) >= 11 is 5.58. The average molecular weight is 283 g/mol.